The first-order valence-corrected chi connectivity index (χ1v) is 3.29. The number of hydrogen-bond acceptors (Lipinski definition) is 1. The molecule has 0 fully saturated rings. The van der Waals surface area contributed by atoms with Gasteiger partial charge in [-0.25, -0.2) is 0 Å². The Hall–Kier alpha value is 0.373. The molecule has 1 rings (SSSR count). The van der Waals surface area contributed by atoms with Crippen LogP contribution in [-0.2, 0) is 25.9 Å². The molecule has 3 heteroatoms. The van der Waals surface area contributed by atoms with E-state index in [9.17, 15) is 0 Å². The summed E-state index contributed by atoms with van der Waals surface area (Å²) < 4.78 is 4.99. The standard InChI is InChI=1S/C9H11O.HI.Zn/c1-3-8-4-6-9(10-2)7-5-8;;/h4-7H,1,3H2,2H3;1H;/q-1;;+2/p-1. The second-order valence-corrected chi connectivity index (χ2v) is 2.10. The van der Waals surface area contributed by atoms with Crippen molar-refractivity contribution in [1.82, 2.24) is 0 Å². The van der Waals surface area contributed by atoms with E-state index in [0.717, 1.165) is 12.2 Å². The third-order valence-corrected chi connectivity index (χ3v) is 1.45. The molecule has 1 aromatic rings. The van der Waals surface area contributed by atoms with Gasteiger partial charge in [-0.15, -0.1) is 0 Å². The van der Waals surface area contributed by atoms with E-state index in [0.29, 0.717) is 0 Å². The molecule has 0 bridgehead atoms. The van der Waals surface area contributed by atoms with Gasteiger partial charge in [0.2, 0.25) is 0 Å². The zero-order valence-electron chi connectivity index (χ0n) is 7.22. The molecule has 0 unspecified atom stereocenters. The van der Waals surface area contributed by atoms with E-state index in [1.54, 1.807) is 7.11 Å². The van der Waals surface area contributed by atoms with Crippen LogP contribution in [0.3, 0.4) is 0 Å². The van der Waals surface area contributed by atoms with Gasteiger partial charge in [0.05, 0.1) is 7.11 Å². The van der Waals surface area contributed by atoms with Gasteiger partial charge in [-0.3, -0.25) is 0 Å². The van der Waals surface area contributed by atoms with Gasteiger partial charge in [0, 0.05) is 0 Å². The molecule has 0 saturated heterocycles. The number of hydrogen-bond donors (Lipinski definition) is 0. The van der Waals surface area contributed by atoms with Crippen molar-refractivity contribution in [2.24, 2.45) is 0 Å². The van der Waals surface area contributed by atoms with E-state index in [1.165, 1.54) is 5.56 Å². The second kappa shape index (κ2) is 7.99. The zero-order chi connectivity index (χ0) is 7.40. The molecule has 1 nitrogen and oxygen atoms in total. The van der Waals surface area contributed by atoms with Crippen molar-refractivity contribution in [3.05, 3.63) is 36.8 Å². The van der Waals surface area contributed by atoms with E-state index in [2.05, 4.69) is 6.92 Å². The second-order valence-electron chi connectivity index (χ2n) is 2.10. The van der Waals surface area contributed by atoms with Gasteiger partial charge in [-0.05, 0) is 12.1 Å². The van der Waals surface area contributed by atoms with Crippen molar-refractivity contribution >= 4 is 0 Å². The van der Waals surface area contributed by atoms with E-state index in [1.807, 2.05) is 24.3 Å². The third kappa shape index (κ3) is 4.41. The first-order valence-electron chi connectivity index (χ1n) is 3.29. The van der Waals surface area contributed by atoms with Crippen molar-refractivity contribution in [2.75, 3.05) is 7.11 Å². The molecule has 0 atom stereocenters. The Labute approximate surface area is 104 Å². The largest absolute Gasteiger partial charge is 2.00 e. The van der Waals surface area contributed by atoms with Crippen LogP contribution in [-0.4, -0.2) is 7.11 Å². The van der Waals surface area contributed by atoms with Crippen LogP contribution >= 0.6 is 0 Å². The molecule has 0 radical (unpaired) electrons. The summed E-state index contributed by atoms with van der Waals surface area (Å²) in [5, 5.41) is 0. The molecular weight excluding hydrogens is 316 g/mol. The van der Waals surface area contributed by atoms with Gasteiger partial charge < -0.3 is 35.6 Å². The minimum Gasteiger partial charge on any atom is -1.00 e. The minimum atomic E-state index is 0. The summed E-state index contributed by atoms with van der Waals surface area (Å²) in [4.78, 5) is 0. The Morgan fingerprint density at radius 1 is 1.25 bits per heavy atom. The van der Waals surface area contributed by atoms with E-state index < -0.39 is 0 Å². The first kappa shape index (κ1) is 14.9. The average molecular weight is 327 g/mol. The summed E-state index contributed by atoms with van der Waals surface area (Å²) in [6.07, 6.45) is 0.837. The first-order chi connectivity index (χ1) is 4.86. The predicted octanol–water partition coefficient (Wildman–Crippen LogP) is -0.927. The fourth-order valence-electron chi connectivity index (χ4n) is 0.792. The van der Waals surface area contributed by atoms with Gasteiger partial charge >= 0.3 is 19.5 Å². The molecule has 0 aliphatic heterocycles. The Balaban J connectivity index is 0. The monoisotopic (exact) mass is 326 g/mol. The SMILES string of the molecule is [CH2-]Cc1ccc(OC)cc1.[I-].[Zn+2]. The fourth-order valence-corrected chi connectivity index (χ4v) is 0.792. The van der Waals surface area contributed by atoms with Crippen LogP contribution in [0.5, 0.6) is 5.75 Å². The van der Waals surface area contributed by atoms with E-state index >= 15 is 0 Å². The zero-order valence-corrected chi connectivity index (χ0v) is 12.3. The van der Waals surface area contributed by atoms with Crippen LogP contribution in [0.15, 0.2) is 24.3 Å². The third-order valence-electron chi connectivity index (χ3n) is 1.45. The summed E-state index contributed by atoms with van der Waals surface area (Å²) in [7, 11) is 1.67. The van der Waals surface area contributed by atoms with Crippen LogP contribution in [0.25, 0.3) is 0 Å². The summed E-state index contributed by atoms with van der Waals surface area (Å²) in [6, 6.07) is 7.93. The Bertz CT molecular complexity index is 175. The Morgan fingerprint density at radius 3 is 2.08 bits per heavy atom. The maximum Gasteiger partial charge on any atom is 2.00 e. The molecule has 0 spiro atoms. The number of benzene rings is 1. The minimum absolute atomic E-state index is 0. The van der Waals surface area contributed by atoms with Crippen molar-refractivity contribution in [3.8, 4) is 5.75 Å². The summed E-state index contributed by atoms with van der Waals surface area (Å²) in [6.45, 7) is 3.77. The van der Waals surface area contributed by atoms with Crippen LogP contribution in [0, 0.1) is 6.92 Å². The molecule has 0 N–H and O–H groups in total. The topological polar surface area (TPSA) is 9.23 Å². The summed E-state index contributed by atoms with van der Waals surface area (Å²) >= 11 is 0. The van der Waals surface area contributed by atoms with Gasteiger partial charge in [0.25, 0.3) is 0 Å². The fraction of sp³-hybridized carbons (Fsp3) is 0.222. The van der Waals surface area contributed by atoms with Crippen LogP contribution < -0.4 is 28.7 Å². The smallest absolute Gasteiger partial charge is 1.00 e. The molecule has 62 valence electrons. The van der Waals surface area contributed by atoms with Crippen molar-refractivity contribution in [3.63, 3.8) is 0 Å². The van der Waals surface area contributed by atoms with Crippen LogP contribution in [0.4, 0.5) is 0 Å². The number of rotatable bonds is 2. The van der Waals surface area contributed by atoms with Crippen molar-refractivity contribution in [2.45, 2.75) is 6.42 Å². The molecule has 0 amide bonds. The molecule has 0 saturated carbocycles. The summed E-state index contributed by atoms with van der Waals surface area (Å²) in [5.74, 6) is 0.900. The maximum absolute atomic E-state index is 4.99. The van der Waals surface area contributed by atoms with Crippen LogP contribution in [0.1, 0.15) is 5.56 Å². The Kier molecular flexibility index (Phi) is 9.91. The van der Waals surface area contributed by atoms with Gasteiger partial charge in [-0.2, -0.15) is 6.42 Å². The van der Waals surface area contributed by atoms with Crippen molar-refractivity contribution in [1.29, 1.82) is 0 Å². The molecule has 1 aromatic carbocycles. The normalized spacial score (nSPS) is 7.83. The molecule has 0 heterocycles. The van der Waals surface area contributed by atoms with Gasteiger partial charge in [0.1, 0.15) is 5.75 Å². The quantitative estimate of drug-likeness (QED) is 0.388. The Morgan fingerprint density at radius 2 is 1.75 bits per heavy atom. The molecular formula is C9H11IOZn. The average Bonchev–Trinajstić information content (AvgIpc) is 2.05. The number of halogens is 1. The maximum atomic E-state index is 4.99. The number of ether oxygens (including phenoxy) is 1. The van der Waals surface area contributed by atoms with Crippen molar-refractivity contribution < 1.29 is 48.2 Å². The number of methoxy groups -OCH3 is 1. The van der Waals surface area contributed by atoms with E-state index in [-0.39, 0.29) is 43.5 Å². The molecule has 0 aliphatic rings. The van der Waals surface area contributed by atoms with Crippen LogP contribution in [0.2, 0.25) is 0 Å². The summed E-state index contributed by atoms with van der Waals surface area (Å²) in [5.41, 5.74) is 1.24. The van der Waals surface area contributed by atoms with Gasteiger partial charge in [0.15, 0.2) is 0 Å². The molecule has 12 heavy (non-hydrogen) atoms. The predicted molar refractivity (Wildman–Crippen MR) is 42.1 cm³/mol. The van der Waals surface area contributed by atoms with Gasteiger partial charge in [-0.1, -0.05) is 17.7 Å². The molecule has 0 aliphatic carbocycles. The molecule has 0 aromatic heterocycles. The van der Waals surface area contributed by atoms with E-state index in [4.69, 9.17) is 4.74 Å².